The van der Waals surface area contributed by atoms with Gasteiger partial charge in [0.15, 0.2) is 0 Å². The van der Waals surface area contributed by atoms with Crippen LogP contribution in [0.15, 0.2) is 18.2 Å². The van der Waals surface area contributed by atoms with Crippen molar-refractivity contribution in [2.45, 2.75) is 45.6 Å². The maximum absolute atomic E-state index is 12.4. The molecule has 23 heavy (non-hydrogen) atoms. The highest BCUT2D eigenvalue weighted by molar-refractivity contribution is 6.32. The summed E-state index contributed by atoms with van der Waals surface area (Å²) < 4.78 is 0. The van der Waals surface area contributed by atoms with Crippen molar-refractivity contribution in [3.63, 3.8) is 0 Å². The Labute approximate surface area is 143 Å². The van der Waals surface area contributed by atoms with Gasteiger partial charge in [0.25, 0.3) is 0 Å². The molecular formula is C18H26ClNO3. The molecule has 4 nitrogen and oxygen atoms in total. The zero-order valence-corrected chi connectivity index (χ0v) is 14.6. The van der Waals surface area contributed by atoms with Crippen LogP contribution in [0.2, 0.25) is 5.02 Å². The van der Waals surface area contributed by atoms with Crippen LogP contribution in [0, 0.1) is 11.8 Å². The second kappa shape index (κ2) is 8.02. The normalized spacial score (nSPS) is 17.5. The van der Waals surface area contributed by atoms with Gasteiger partial charge in [0, 0.05) is 13.1 Å². The summed E-state index contributed by atoms with van der Waals surface area (Å²) in [6, 6.07) is 4.87. The Bertz CT molecular complexity index is 539. The predicted molar refractivity (Wildman–Crippen MR) is 91.6 cm³/mol. The van der Waals surface area contributed by atoms with E-state index < -0.39 is 0 Å². The minimum absolute atomic E-state index is 0.0304. The molecule has 0 bridgehead atoms. The molecule has 1 aromatic carbocycles. The molecule has 0 aromatic heterocycles. The Kier molecular flexibility index (Phi) is 6.31. The first-order chi connectivity index (χ1) is 10.9. The van der Waals surface area contributed by atoms with E-state index in [9.17, 15) is 15.0 Å². The topological polar surface area (TPSA) is 60.8 Å². The number of carbonyl (C=O) groups excluding carboxylic acids is 1. The minimum Gasteiger partial charge on any atom is -0.506 e. The van der Waals surface area contributed by atoms with Crippen molar-refractivity contribution >= 4 is 17.5 Å². The number of hydrogen-bond acceptors (Lipinski definition) is 3. The van der Waals surface area contributed by atoms with E-state index in [0.29, 0.717) is 31.3 Å². The van der Waals surface area contributed by atoms with Crippen LogP contribution in [0.5, 0.6) is 5.75 Å². The summed E-state index contributed by atoms with van der Waals surface area (Å²) in [4.78, 5) is 14.2. The van der Waals surface area contributed by atoms with Crippen LogP contribution >= 0.6 is 11.6 Å². The number of carbonyl (C=O) groups is 1. The Balaban J connectivity index is 1.84. The van der Waals surface area contributed by atoms with E-state index in [4.69, 9.17) is 11.6 Å². The van der Waals surface area contributed by atoms with Crippen LogP contribution in [-0.2, 0) is 11.2 Å². The van der Waals surface area contributed by atoms with Crippen molar-refractivity contribution in [3.05, 3.63) is 28.8 Å². The first kappa shape index (κ1) is 18.1. The molecule has 2 N–H and O–H groups in total. The van der Waals surface area contributed by atoms with Gasteiger partial charge in [0.2, 0.25) is 5.91 Å². The van der Waals surface area contributed by atoms with E-state index in [0.717, 1.165) is 24.8 Å². The van der Waals surface area contributed by atoms with Gasteiger partial charge in [-0.3, -0.25) is 4.79 Å². The summed E-state index contributed by atoms with van der Waals surface area (Å²) in [6.45, 7) is 5.63. The number of aliphatic hydroxyl groups excluding tert-OH is 1. The Hall–Kier alpha value is -1.26. The number of aromatic hydroxyl groups is 1. The van der Waals surface area contributed by atoms with Crippen LogP contribution < -0.4 is 0 Å². The van der Waals surface area contributed by atoms with E-state index in [1.807, 2.05) is 4.90 Å². The molecule has 5 heteroatoms. The van der Waals surface area contributed by atoms with E-state index in [-0.39, 0.29) is 22.8 Å². The summed E-state index contributed by atoms with van der Waals surface area (Å²) >= 11 is 5.88. The quantitative estimate of drug-likeness (QED) is 0.865. The van der Waals surface area contributed by atoms with Crippen LogP contribution in [0.25, 0.3) is 0 Å². The van der Waals surface area contributed by atoms with Crippen LogP contribution in [0.1, 0.15) is 38.7 Å². The third-order valence-electron chi connectivity index (χ3n) is 4.52. The average molecular weight is 340 g/mol. The van der Waals surface area contributed by atoms with Gasteiger partial charge in [0.05, 0.1) is 17.5 Å². The molecule has 1 atom stereocenters. The molecule has 0 unspecified atom stereocenters. The average Bonchev–Trinajstić information content (AvgIpc) is 2.50. The van der Waals surface area contributed by atoms with E-state index in [1.165, 1.54) is 6.07 Å². The summed E-state index contributed by atoms with van der Waals surface area (Å²) in [5, 5.41) is 19.9. The number of benzene rings is 1. The molecule has 0 spiro atoms. The molecule has 2 rings (SSSR count). The number of hydrogen-bond donors (Lipinski definition) is 2. The fraction of sp³-hybridized carbons (Fsp3) is 0.611. The lowest BCUT2D eigenvalue weighted by Gasteiger charge is -2.34. The molecule has 0 aliphatic carbocycles. The molecule has 1 heterocycles. The van der Waals surface area contributed by atoms with Gasteiger partial charge in [-0.15, -0.1) is 0 Å². The molecule has 1 fully saturated rings. The number of aliphatic hydroxyl groups is 1. The van der Waals surface area contributed by atoms with Crippen LogP contribution in [0.3, 0.4) is 0 Å². The summed E-state index contributed by atoms with van der Waals surface area (Å²) in [7, 11) is 0. The molecule has 0 saturated carbocycles. The summed E-state index contributed by atoms with van der Waals surface area (Å²) in [5.41, 5.74) is 0.805. The van der Waals surface area contributed by atoms with Crippen LogP contribution in [0.4, 0.5) is 0 Å². The van der Waals surface area contributed by atoms with Crippen molar-refractivity contribution in [1.82, 2.24) is 4.90 Å². The first-order valence-corrected chi connectivity index (χ1v) is 8.68. The van der Waals surface area contributed by atoms with Crippen molar-refractivity contribution in [2.75, 3.05) is 13.1 Å². The number of phenolic OH excluding ortho intramolecular Hbond substituents is 1. The third-order valence-corrected chi connectivity index (χ3v) is 4.82. The number of halogens is 1. The van der Waals surface area contributed by atoms with Gasteiger partial charge in [-0.2, -0.15) is 0 Å². The monoisotopic (exact) mass is 339 g/mol. The number of rotatable bonds is 5. The lowest BCUT2D eigenvalue weighted by molar-refractivity contribution is -0.132. The highest BCUT2D eigenvalue weighted by Gasteiger charge is 2.27. The zero-order chi connectivity index (χ0) is 17.0. The SMILES string of the molecule is CC(C)C[C@@H](O)C1CCN(C(=O)Cc2ccc(O)c(Cl)c2)CC1. The zero-order valence-electron chi connectivity index (χ0n) is 13.8. The lowest BCUT2D eigenvalue weighted by Crippen LogP contribution is -2.42. The predicted octanol–water partition coefficient (Wildman–Crippen LogP) is 3.23. The summed E-state index contributed by atoms with van der Waals surface area (Å²) in [6.07, 6.45) is 2.57. The molecule has 1 aliphatic heterocycles. The van der Waals surface area contributed by atoms with Gasteiger partial charge < -0.3 is 15.1 Å². The summed E-state index contributed by atoms with van der Waals surface area (Å²) in [5.74, 6) is 0.889. The van der Waals surface area contributed by atoms with Gasteiger partial charge >= 0.3 is 0 Å². The van der Waals surface area contributed by atoms with E-state index >= 15 is 0 Å². The molecule has 128 valence electrons. The fourth-order valence-corrected chi connectivity index (χ4v) is 3.36. The van der Waals surface area contributed by atoms with Gasteiger partial charge in [-0.1, -0.05) is 31.5 Å². The highest BCUT2D eigenvalue weighted by atomic mass is 35.5. The van der Waals surface area contributed by atoms with Crippen molar-refractivity contribution < 1.29 is 15.0 Å². The Morgan fingerprint density at radius 3 is 2.57 bits per heavy atom. The number of amides is 1. The number of piperidine rings is 1. The van der Waals surface area contributed by atoms with E-state index in [1.54, 1.807) is 12.1 Å². The molecular weight excluding hydrogens is 314 g/mol. The van der Waals surface area contributed by atoms with Gasteiger partial charge in [-0.25, -0.2) is 0 Å². The van der Waals surface area contributed by atoms with Crippen LogP contribution in [-0.4, -0.2) is 40.2 Å². The number of likely N-dealkylation sites (tertiary alicyclic amines) is 1. The Morgan fingerprint density at radius 1 is 1.35 bits per heavy atom. The first-order valence-electron chi connectivity index (χ1n) is 8.30. The maximum atomic E-state index is 12.4. The standard InChI is InChI=1S/C18H26ClNO3/c1-12(2)9-17(22)14-5-7-20(8-6-14)18(23)11-13-3-4-16(21)15(19)10-13/h3-4,10,12,14,17,21-22H,5-9,11H2,1-2H3/t17-/m1/s1. The fourth-order valence-electron chi connectivity index (χ4n) is 3.16. The number of nitrogens with zero attached hydrogens (tertiary/aromatic N) is 1. The molecule has 0 radical (unpaired) electrons. The maximum Gasteiger partial charge on any atom is 0.226 e. The van der Waals surface area contributed by atoms with Gasteiger partial charge in [0.1, 0.15) is 5.75 Å². The molecule has 1 aliphatic rings. The third kappa shape index (κ3) is 5.11. The Morgan fingerprint density at radius 2 is 2.00 bits per heavy atom. The second-order valence-corrected chi connectivity index (χ2v) is 7.28. The van der Waals surface area contributed by atoms with Crippen molar-refractivity contribution in [1.29, 1.82) is 0 Å². The van der Waals surface area contributed by atoms with Crippen molar-refractivity contribution in [2.24, 2.45) is 11.8 Å². The number of phenols is 1. The molecule has 1 saturated heterocycles. The van der Waals surface area contributed by atoms with E-state index in [2.05, 4.69) is 13.8 Å². The minimum atomic E-state index is -0.261. The van der Waals surface area contributed by atoms with Crippen molar-refractivity contribution in [3.8, 4) is 5.75 Å². The molecule has 1 amide bonds. The highest BCUT2D eigenvalue weighted by Crippen LogP contribution is 2.26. The molecule has 1 aromatic rings. The lowest BCUT2D eigenvalue weighted by atomic mass is 9.87. The second-order valence-electron chi connectivity index (χ2n) is 6.88. The van der Waals surface area contributed by atoms with Gasteiger partial charge in [-0.05, 0) is 48.8 Å². The largest absolute Gasteiger partial charge is 0.506 e. The smallest absolute Gasteiger partial charge is 0.226 e.